The Labute approximate surface area is 152 Å². The average Bonchev–Trinajstić information content (AvgIpc) is 3.47. The molecule has 0 spiro atoms. The molecule has 2 aromatic rings. The second-order valence-electron chi connectivity index (χ2n) is 6.99. The molecule has 26 heavy (non-hydrogen) atoms. The maximum atomic E-state index is 13.8. The Morgan fingerprint density at radius 2 is 1.88 bits per heavy atom. The van der Waals surface area contributed by atoms with Gasteiger partial charge in [0, 0.05) is 36.8 Å². The zero-order chi connectivity index (χ0) is 18.1. The lowest BCUT2D eigenvalue weighted by molar-refractivity contribution is -0.132. The molecule has 0 bridgehead atoms. The van der Waals surface area contributed by atoms with Gasteiger partial charge in [-0.25, -0.2) is 4.39 Å². The van der Waals surface area contributed by atoms with Crippen molar-refractivity contribution < 1.29 is 14.0 Å². The molecule has 5 heteroatoms. The van der Waals surface area contributed by atoms with Crippen molar-refractivity contribution in [3.05, 3.63) is 65.5 Å². The normalized spacial score (nSPS) is 17.5. The molecule has 0 N–H and O–H groups in total. The van der Waals surface area contributed by atoms with Crippen molar-refractivity contribution in [2.75, 3.05) is 18.0 Å². The van der Waals surface area contributed by atoms with Crippen LogP contribution in [0.5, 0.6) is 0 Å². The lowest BCUT2D eigenvalue weighted by Crippen LogP contribution is -2.40. The first-order chi connectivity index (χ1) is 12.6. The van der Waals surface area contributed by atoms with Crippen LogP contribution < -0.4 is 4.90 Å². The summed E-state index contributed by atoms with van der Waals surface area (Å²) >= 11 is 0. The van der Waals surface area contributed by atoms with E-state index in [0.717, 1.165) is 24.1 Å². The molecule has 4 rings (SSSR count). The summed E-state index contributed by atoms with van der Waals surface area (Å²) in [7, 11) is 0. The molecular formula is C21H21FN2O2. The molecule has 2 aliphatic rings. The maximum absolute atomic E-state index is 13.8. The minimum atomic E-state index is -0.318. The Bertz CT molecular complexity index is 833. The summed E-state index contributed by atoms with van der Waals surface area (Å²) in [6.45, 7) is 1.05. The highest BCUT2D eigenvalue weighted by atomic mass is 19.1. The minimum Gasteiger partial charge on any atom is -0.363 e. The van der Waals surface area contributed by atoms with Crippen LogP contribution in [0.15, 0.2) is 48.5 Å². The molecule has 1 aliphatic carbocycles. The second kappa shape index (κ2) is 6.90. The number of carbonyl (C=O) groups is 2. The summed E-state index contributed by atoms with van der Waals surface area (Å²) in [6, 6.07) is 14.0. The van der Waals surface area contributed by atoms with Crippen LogP contribution in [0.25, 0.3) is 0 Å². The molecular weight excluding hydrogens is 331 g/mol. The molecule has 0 saturated heterocycles. The van der Waals surface area contributed by atoms with Crippen molar-refractivity contribution >= 4 is 17.4 Å². The lowest BCUT2D eigenvalue weighted by Gasteiger charge is -2.33. The number of nitrogens with zero attached hydrogens (tertiary/aromatic N) is 2. The molecule has 1 fully saturated rings. The number of ketones is 1. The second-order valence-corrected chi connectivity index (χ2v) is 6.99. The Kier molecular flexibility index (Phi) is 4.45. The molecule has 1 aliphatic heterocycles. The first-order valence-electron chi connectivity index (χ1n) is 9.03. The maximum Gasteiger partial charge on any atom is 0.224 e. The van der Waals surface area contributed by atoms with E-state index in [0.29, 0.717) is 25.1 Å². The zero-order valence-corrected chi connectivity index (χ0v) is 14.5. The predicted molar refractivity (Wildman–Crippen MR) is 97.6 cm³/mol. The third-order valence-corrected chi connectivity index (χ3v) is 5.06. The Morgan fingerprint density at radius 1 is 1.12 bits per heavy atom. The van der Waals surface area contributed by atoms with E-state index in [1.165, 1.54) is 12.1 Å². The summed E-state index contributed by atoms with van der Waals surface area (Å²) in [6.07, 6.45) is 2.41. The molecule has 1 amide bonds. The van der Waals surface area contributed by atoms with Crippen molar-refractivity contribution in [2.45, 2.75) is 31.8 Å². The minimum absolute atomic E-state index is 0.00653. The van der Waals surface area contributed by atoms with Gasteiger partial charge in [0.15, 0.2) is 5.78 Å². The fourth-order valence-electron chi connectivity index (χ4n) is 3.53. The van der Waals surface area contributed by atoms with Crippen LogP contribution in [0.1, 0.15) is 35.2 Å². The van der Waals surface area contributed by atoms with Gasteiger partial charge in [-0.05, 0) is 36.6 Å². The Balaban J connectivity index is 1.63. The van der Waals surface area contributed by atoms with Gasteiger partial charge in [-0.3, -0.25) is 9.59 Å². The van der Waals surface area contributed by atoms with Gasteiger partial charge in [-0.2, -0.15) is 0 Å². The first kappa shape index (κ1) is 16.8. The number of carbonyl (C=O) groups excluding carboxylic acids is 2. The number of halogens is 1. The van der Waals surface area contributed by atoms with Gasteiger partial charge in [0.05, 0.1) is 6.54 Å². The third-order valence-electron chi connectivity index (χ3n) is 5.06. The number of hydrogen-bond acceptors (Lipinski definition) is 3. The van der Waals surface area contributed by atoms with E-state index in [2.05, 4.69) is 0 Å². The highest BCUT2D eigenvalue weighted by molar-refractivity contribution is 5.99. The standard InChI is InChI=1S/C21H21FN2O2/c22-17-6-9-19-16(12-17)13-24(18-7-8-18)21(26)10-11-23(19)14-20(25)15-4-2-1-3-5-15/h1-6,9,12,18H,7-8,10-11,13-14H2. The van der Waals surface area contributed by atoms with Crippen LogP contribution >= 0.6 is 0 Å². The number of rotatable bonds is 4. The highest BCUT2D eigenvalue weighted by Crippen LogP contribution is 2.33. The van der Waals surface area contributed by atoms with E-state index in [1.807, 2.05) is 28.0 Å². The smallest absolute Gasteiger partial charge is 0.224 e. The SMILES string of the molecule is O=C(CN1CCC(=O)N(C2CC2)Cc2cc(F)ccc21)c1ccccc1. The van der Waals surface area contributed by atoms with E-state index < -0.39 is 0 Å². The Hall–Kier alpha value is -2.69. The molecule has 0 unspecified atom stereocenters. The molecule has 1 heterocycles. The largest absolute Gasteiger partial charge is 0.363 e. The molecule has 4 nitrogen and oxygen atoms in total. The summed E-state index contributed by atoms with van der Waals surface area (Å²) in [5, 5.41) is 0. The van der Waals surface area contributed by atoms with E-state index in [9.17, 15) is 14.0 Å². The number of amides is 1. The summed E-state index contributed by atoms with van der Waals surface area (Å²) < 4.78 is 13.8. The fourth-order valence-corrected chi connectivity index (χ4v) is 3.53. The summed E-state index contributed by atoms with van der Waals surface area (Å²) in [4.78, 5) is 29.0. The average molecular weight is 352 g/mol. The van der Waals surface area contributed by atoms with Gasteiger partial charge in [0.2, 0.25) is 5.91 Å². The van der Waals surface area contributed by atoms with E-state index in [4.69, 9.17) is 0 Å². The predicted octanol–water partition coefficient (Wildman–Crippen LogP) is 3.41. The van der Waals surface area contributed by atoms with E-state index in [1.54, 1.807) is 18.2 Å². The molecule has 0 atom stereocenters. The molecule has 2 aromatic carbocycles. The van der Waals surface area contributed by atoms with Gasteiger partial charge in [-0.1, -0.05) is 30.3 Å². The highest BCUT2D eigenvalue weighted by Gasteiger charge is 2.34. The third kappa shape index (κ3) is 3.47. The zero-order valence-electron chi connectivity index (χ0n) is 14.5. The fraction of sp³-hybridized carbons (Fsp3) is 0.333. The summed E-state index contributed by atoms with van der Waals surface area (Å²) in [5.74, 6) is -0.241. The van der Waals surface area contributed by atoms with E-state index >= 15 is 0 Å². The Morgan fingerprint density at radius 3 is 2.62 bits per heavy atom. The van der Waals surface area contributed by atoms with Gasteiger partial charge in [0.1, 0.15) is 5.82 Å². The van der Waals surface area contributed by atoms with Gasteiger partial charge in [-0.15, -0.1) is 0 Å². The quantitative estimate of drug-likeness (QED) is 0.792. The number of benzene rings is 2. The van der Waals surface area contributed by atoms with Crippen LogP contribution in [0.4, 0.5) is 10.1 Å². The van der Waals surface area contributed by atoms with Gasteiger partial charge in [0.25, 0.3) is 0 Å². The van der Waals surface area contributed by atoms with Crippen LogP contribution in [0, 0.1) is 5.82 Å². The monoisotopic (exact) mass is 352 g/mol. The van der Waals surface area contributed by atoms with Crippen molar-refractivity contribution in [2.24, 2.45) is 0 Å². The first-order valence-corrected chi connectivity index (χ1v) is 9.03. The number of anilines is 1. The molecule has 1 saturated carbocycles. The number of fused-ring (bicyclic) bond motifs is 1. The molecule has 134 valence electrons. The van der Waals surface area contributed by atoms with Crippen LogP contribution in [0.3, 0.4) is 0 Å². The van der Waals surface area contributed by atoms with Gasteiger partial charge >= 0.3 is 0 Å². The summed E-state index contributed by atoms with van der Waals surface area (Å²) in [5.41, 5.74) is 2.25. The van der Waals surface area contributed by atoms with E-state index in [-0.39, 0.29) is 30.1 Å². The topological polar surface area (TPSA) is 40.6 Å². The van der Waals surface area contributed by atoms with Crippen molar-refractivity contribution in [1.29, 1.82) is 0 Å². The van der Waals surface area contributed by atoms with Crippen LogP contribution in [-0.4, -0.2) is 35.7 Å². The number of Topliss-reactive ketones (excluding diaryl/α,β-unsaturated/α-hetero) is 1. The lowest BCUT2D eigenvalue weighted by atomic mass is 10.1. The molecule has 0 aromatic heterocycles. The van der Waals surface area contributed by atoms with Crippen molar-refractivity contribution in [3.8, 4) is 0 Å². The van der Waals surface area contributed by atoms with Gasteiger partial charge < -0.3 is 9.80 Å². The number of hydrogen-bond donors (Lipinski definition) is 0. The van der Waals surface area contributed by atoms with Crippen molar-refractivity contribution in [3.63, 3.8) is 0 Å². The van der Waals surface area contributed by atoms with Crippen LogP contribution in [0.2, 0.25) is 0 Å². The van der Waals surface area contributed by atoms with Crippen LogP contribution in [-0.2, 0) is 11.3 Å². The van der Waals surface area contributed by atoms with Crippen molar-refractivity contribution in [1.82, 2.24) is 4.90 Å². The molecule has 0 radical (unpaired) electrons.